The number of amides is 1. The van der Waals surface area contributed by atoms with E-state index >= 15 is 0 Å². The molecular formula is C25H24BrCl2NO3S2. The van der Waals surface area contributed by atoms with Gasteiger partial charge in [0.25, 0.3) is 5.91 Å². The summed E-state index contributed by atoms with van der Waals surface area (Å²) < 4.78 is 13.3. The van der Waals surface area contributed by atoms with E-state index in [9.17, 15) is 4.79 Å². The summed E-state index contributed by atoms with van der Waals surface area (Å²) in [6, 6.07) is 9.30. The molecule has 0 bridgehead atoms. The first-order chi connectivity index (χ1) is 16.4. The lowest BCUT2D eigenvalue weighted by atomic mass is 9.94. The van der Waals surface area contributed by atoms with Crippen molar-refractivity contribution in [3.05, 3.63) is 60.9 Å². The van der Waals surface area contributed by atoms with Crippen molar-refractivity contribution in [1.82, 2.24) is 4.90 Å². The highest BCUT2D eigenvalue weighted by Crippen LogP contribution is 2.41. The van der Waals surface area contributed by atoms with Gasteiger partial charge in [-0.25, -0.2) is 0 Å². The third-order valence-corrected chi connectivity index (χ3v) is 8.29. The molecule has 4 nitrogen and oxygen atoms in total. The zero-order chi connectivity index (χ0) is 24.2. The molecule has 2 aromatic rings. The van der Waals surface area contributed by atoms with Crippen LogP contribution >= 0.6 is 63.1 Å². The molecule has 0 unspecified atom stereocenters. The van der Waals surface area contributed by atoms with Crippen LogP contribution in [0.4, 0.5) is 0 Å². The number of thiocarbonyl (C=S) groups is 1. The number of carbonyl (C=O) groups is 1. The van der Waals surface area contributed by atoms with E-state index in [1.807, 2.05) is 36.1 Å². The number of nitrogens with zero attached hydrogens (tertiary/aromatic N) is 1. The minimum atomic E-state index is -0.00584. The molecule has 0 spiro atoms. The predicted octanol–water partition coefficient (Wildman–Crippen LogP) is 8.27. The Labute approximate surface area is 228 Å². The van der Waals surface area contributed by atoms with Gasteiger partial charge in [-0.2, -0.15) is 0 Å². The summed E-state index contributed by atoms with van der Waals surface area (Å²) in [5, 5.41) is 1.11. The van der Waals surface area contributed by atoms with Gasteiger partial charge in [0.1, 0.15) is 10.9 Å². The van der Waals surface area contributed by atoms with E-state index in [0.29, 0.717) is 37.4 Å². The second-order valence-electron chi connectivity index (χ2n) is 8.13. The third-order valence-electron chi connectivity index (χ3n) is 5.78. The molecule has 0 aromatic heterocycles. The quantitative estimate of drug-likeness (QED) is 0.236. The zero-order valence-corrected chi connectivity index (χ0v) is 23.3. The number of halogens is 3. The largest absolute Gasteiger partial charge is 0.490 e. The van der Waals surface area contributed by atoms with E-state index in [0.717, 1.165) is 41.3 Å². The fourth-order valence-corrected chi connectivity index (χ4v) is 6.59. The van der Waals surface area contributed by atoms with Crippen LogP contribution in [0.15, 0.2) is 39.7 Å². The van der Waals surface area contributed by atoms with Gasteiger partial charge in [-0.3, -0.25) is 9.69 Å². The Bertz CT molecular complexity index is 1140. The van der Waals surface area contributed by atoms with E-state index < -0.39 is 0 Å². The lowest BCUT2D eigenvalue weighted by Gasteiger charge is -2.29. The van der Waals surface area contributed by atoms with Crippen molar-refractivity contribution in [3.8, 4) is 11.5 Å². The van der Waals surface area contributed by atoms with Crippen LogP contribution in [0.25, 0.3) is 6.08 Å². The molecule has 1 saturated heterocycles. The van der Waals surface area contributed by atoms with Gasteiger partial charge in [-0.05, 0) is 71.6 Å². The average Bonchev–Trinajstić information content (AvgIpc) is 3.08. The van der Waals surface area contributed by atoms with Crippen molar-refractivity contribution in [2.24, 2.45) is 0 Å². The van der Waals surface area contributed by atoms with Crippen molar-refractivity contribution in [1.29, 1.82) is 0 Å². The van der Waals surface area contributed by atoms with Crippen LogP contribution in [-0.2, 0) is 11.4 Å². The van der Waals surface area contributed by atoms with Crippen LogP contribution in [0, 0.1) is 0 Å². The smallest absolute Gasteiger partial charge is 0.266 e. The van der Waals surface area contributed by atoms with E-state index in [1.54, 1.807) is 12.1 Å². The van der Waals surface area contributed by atoms with Crippen molar-refractivity contribution < 1.29 is 14.3 Å². The Balaban J connectivity index is 1.56. The number of hydrogen-bond acceptors (Lipinski definition) is 5. The highest BCUT2D eigenvalue weighted by molar-refractivity contribution is 9.10. The number of rotatable bonds is 7. The van der Waals surface area contributed by atoms with Gasteiger partial charge in [0, 0.05) is 21.7 Å². The maximum Gasteiger partial charge on any atom is 0.266 e. The third kappa shape index (κ3) is 5.93. The Morgan fingerprint density at radius 2 is 1.94 bits per heavy atom. The van der Waals surface area contributed by atoms with Gasteiger partial charge in [-0.1, -0.05) is 72.5 Å². The standard InChI is InChI=1S/C25H24BrCl2NO3S2/c1-2-31-21-11-15(10-19(26)23(21)32-14-16-8-9-17(27)13-20(16)28)12-22-24(30)29(25(33)34-22)18-6-4-3-5-7-18/h8-13,18H,2-7,14H2,1H3/b22-12+. The normalized spacial score (nSPS) is 18.1. The van der Waals surface area contributed by atoms with E-state index in [2.05, 4.69) is 15.9 Å². The van der Waals surface area contributed by atoms with Gasteiger partial charge >= 0.3 is 0 Å². The summed E-state index contributed by atoms with van der Waals surface area (Å²) in [6.45, 7) is 2.64. The molecule has 1 aliphatic carbocycles. The number of ether oxygens (including phenoxy) is 2. The summed E-state index contributed by atoms with van der Waals surface area (Å²) in [6.07, 6.45) is 7.43. The first-order valence-corrected chi connectivity index (χ1v) is 13.9. The molecule has 1 saturated carbocycles. The zero-order valence-electron chi connectivity index (χ0n) is 18.6. The monoisotopic (exact) mass is 599 g/mol. The number of hydrogen-bond donors (Lipinski definition) is 0. The lowest BCUT2D eigenvalue weighted by Crippen LogP contribution is -2.39. The van der Waals surface area contributed by atoms with Crippen LogP contribution in [0.3, 0.4) is 0 Å². The summed E-state index contributed by atoms with van der Waals surface area (Å²) >= 11 is 22.8. The summed E-state index contributed by atoms with van der Waals surface area (Å²) in [5.41, 5.74) is 1.65. The van der Waals surface area contributed by atoms with Gasteiger partial charge in [-0.15, -0.1) is 0 Å². The molecule has 9 heteroatoms. The van der Waals surface area contributed by atoms with Crippen LogP contribution in [0.2, 0.25) is 10.0 Å². The molecule has 2 aromatic carbocycles. The Hall–Kier alpha value is -1.25. The highest BCUT2D eigenvalue weighted by atomic mass is 79.9. The Morgan fingerprint density at radius 1 is 1.18 bits per heavy atom. The summed E-state index contributed by atoms with van der Waals surface area (Å²) in [4.78, 5) is 15.6. The topological polar surface area (TPSA) is 38.8 Å². The highest BCUT2D eigenvalue weighted by Gasteiger charge is 2.37. The van der Waals surface area contributed by atoms with Crippen molar-refractivity contribution >= 4 is 79.4 Å². The van der Waals surface area contributed by atoms with Gasteiger partial charge in [0.15, 0.2) is 11.5 Å². The first-order valence-electron chi connectivity index (χ1n) is 11.2. The van der Waals surface area contributed by atoms with E-state index in [1.165, 1.54) is 18.2 Å². The molecule has 1 amide bonds. The van der Waals surface area contributed by atoms with E-state index in [-0.39, 0.29) is 18.6 Å². The maximum atomic E-state index is 13.2. The van der Waals surface area contributed by atoms with Gasteiger partial charge in [0.05, 0.1) is 16.0 Å². The van der Waals surface area contributed by atoms with Gasteiger partial charge in [0.2, 0.25) is 0 Å². The van der Waals surface area contributed by atoms with Gasteiger partial charge < -0.3 is 9.47 Å². The summed E-state index contributed by atoms with van der Waals surface area (Å²) in [7, 11) is 0. The number of carbonyl (C=O) groups excluding carboxylic acids is 1. The van der Waals surface area contributed by atoms with Crippen LogP contribution in [-0.4, -0.2) is 27.8 Å². The van der Waals surface area contributed by atoms with Crippen molar-refractivity contribution in [2.75, 3.05) is 6.61 Å². The molecule has 0 atom stereocenters. The summed E-state index contributed by atoms with van der Waals surface area (Å²) in [5.74, 6) is 1.14. The Kier molecular flexibility index (Phi) is 8.86. The molecule has 34 heavy (non-hydrogen) atoms. The van der Waals surface area contributed by atoms with Crippen molar-refractivity contribution in [3.63, 3.8) is 0 Å². The maximum absolute atomic E-state index is 13.2. The lowest BCUT2D eigenvalue weighted by molar-refractivity contribution is -0.124. The van der Waals surface area contributed by atoms with Crippen molar-refractivity contribution in [2.45, 2.75) is 51.7 Å². The predicted molar refractivity (Wildman–Crippen MR) is 148 cm³/mol. The fourth-order valence-electron chi connectivity index (χ4n) is 4.15. The minimum Gasteiger partial charge on any atom is -0.490 e. The first kappa shape index (κ1) is 25.8. The second-order valence-corrected chi connectivity index (χ2v) is 11.5. The SMILES string of the molecule is CCOc1cc(/C=C2/SC(=S)N(C3CCCCC3)C2=O)cc(Br)c1OCc1ccc(Cl)cc1Cl. The Morgan fingerprint density at radius 3 is 2.65 bits per heavy atom. The molecule has 0 radical (unpaired) electrons. The molecule has 1 aliphatic heterocycles. The molecule has 2 fully saturated rings. The fraction of sp³-hybridized carbons (Fsp3) is 0.360. The molecule has 2 aliphatic rings. The number of benzene rings is 2. The second kappa shape index (κ2) is 11.7. The molecule has 1 heterocycles. The van der Waals surface area contributed by atoms with Crippen LogP contribution < -0.4 is 9.47 Å². The molecular weight excluding hydrogens is 577 g/mol. The number of thioether (sulfide) groups is 1. The van der Waals surface area contributed by atoms with Crippen LogP contribution in [0.5, 0.6) is 11.5 Å². The average molecular weight is 601 g/mol. The molecule has 180 valence electrons. The molecule has 4 rings (SSSR count). The van der Waals surface area contributed by atoms with Crippen LogP contribution in [0.1, 0.15) is 50.2 Å². The van der Waals surface area contributed by atoms with E-state index in [4.69, 9.17) is 44.9 Å². The minimum absolute atomic E-state index is 0.00584. The molecule has 0 N–H and O–H groups in total.